The molecule has 1 aliphatic heterocycles. The van der Waals surface area contributed by atoms with Crippen molar-refractivity contribution < 1.29 is 13.4 Å². The fraction of sp³-hybridized carbons (Fsp3) is 0.667. The van der Waals surface area contributed by atoms with Crippen molar-refractivity contribution in [3.8, 4) is 0 Å². The van der Waals surface area contributed by atoms with E-state index < -0.39 is 16.6 Å². The van der Waals surface area contributed by atoms with Crippen LogP contribution < -0.4 is 0 Å². The fourth-order valence-electron chi connectivity index (χ4n) is 8.93. The van der Waals surface area contributed by atoms with Crippen molar-refractivity contribution in [2.75, 3.05) is 13.1 Å². The van der Waals surface area contributed by atoms with Crippen molar-refractivity contribution in [1.29, 1.82) is 0 Å². The Kier molecular flexibility index (Phi) is 13.3. The zero-order chi connectivity index (χ0) is 33.7. The number of hydrogen-bond acceptors (Lipinski definition) is 3. The normalized spacial score (nSPS) is 17.6. The first-order chi connectivity index (χ1) is 21.1. The molecule has 0 aliphatic carbocycles. The van der Waals surface area contributed by atoms with Crippen LogP contribution in [0.4, 0.5) is 0 Å². The van der Waals surface area contributed by atoms with Crippen LogP contribution in [0.5, 0.6) is 0 Å². The van der Waals surface area contributed by atoms with Gasteiger partial charge in [0.1, 0.15) is 37.4 Å². The van der Waals surface area contributed by atoms with Gasteiger partial charge < -0.3 is 8.85 Å². The molecule has 0 bridgehead atoms. The second-order valence-corrected chi connectivity index (χ2v) is 26.4. The van der Waals surface area contributed by atoms with Gasteiger partial charge in [-0.2, -0.15) is 0 Å². The molecule has 0 fully saturated rings. The molecule has 0 unspecified atom stereocenters. The highest BCUT2D eigenvalue weighted by molar-refractivity contribution is 6.78. The third-order valence-corrected chi connectivity index (χ3v) is 23.3. The molecule has 0 spiro atoms. The van der Waals surface area contributed by atoms with E-state index in [1.807, 2.05) is 0 Å². The quantitative estimate of drug-likeness (QED) is 0.133. The molecule has 0 saturated heterocycles. The van der Waals surface area contributed by atoms with Gasteiger partial charge >= 0.3 is 0 Å². The summed E-state index contributed by atoms with van der Waals surface area (Å²) in [6.45, 7) is 35.4. The topological polar surface area (TPSA) is 24.7 Å². The van der Waals surface area contributed by atoms with E-state index in [0.717, 1.165) is 13.1 Å². The highest BCUT2D eigenvalue weighted by Crippen LogP contribution is 2.47. The Morgan fingerprint density at radius 3 is 1.27 bits per heavy atom. The van der Waals surface area contributed by atoms with Crippen LogP contribution in [0.1, 0.15) is 120 Å². The Bertz CT molecular complexity index is 1150. The molecule has 45 heavy (non-hydrogen) atoms. The maximum absolute atomic E-state index is 7.58. The second kappa shape index (κ2) is 15.9. The van der Waals surface area contributed by atoms with Crippen LogP contribution in [-0.4, -0.2) is 57.6 Å². The van der Waals surface area contributed by atoms with Gasteiger partial charge in [0, 0.05) is 0 Å². The third kappa shape index (κ3) is 7.88. The molecule has 6 heteroatoms. The minimum Gasteiger partial charge on any atom is -0.405 e. The van der Waals surface area contributed by atoms with Gasteiger partial charge in [-0.15, -0.1) is 0 Å². The largest absolute Gasteiger partial charge is 0.405 e. The zero-order valence-electron chi connectivity index (χ0n) is 31.2. The number of nitrogens with zero attached hydrogens (tertiary/aromatic N) is 2. The molecule has 0 amide bonds. The van der Waals surface area contributed by atoms with Crippen LogP contribution in [0, 0.1) is 0 Å². The summed E-state index contributed by atoms with van der Waals surface area (Å²) in [5.41, 5.74) is 5.78. The van der Waals surface area contributed by atoms with Crippen molar-refractivity contribution in [2.24, 2.45) is 0 Å². The maximum Gasteiger partial charge on any atom is 0.235 e. The molecule has 1 heterocycles. The van der Waals surface area contributed by atoms with Crippen LogP contribution in [0.3, 0.4) is 0 Å². The van der Waals surface area contributed by atoms with E-state index in [1.54, 1.807) is 0 Å². The first-order valence-electron chi connectivity index (χ1n) is 17.9. The van der Waals surface area contributed by atoms with E-state index in [2.05, 4.69) is 173 Å². The van der Waals surface area contributed by atoms with Crippen molar-refractivity contribution in [3.63, 3.8) is 0 Å². The lowest BCUT2D eigenvalue weighted by molar-refractivity contribution is -0.560. The molecule has 252 valence electrons. The fourth-order valence-corrected chi connectivity index (χ4v) is 20.1. The summed E-state index contributed by atoms with van der Waals surface area (Å²) >= 11 is 0. The van der Waals surface area contributed by atoms with Crippen LogP contribution in [0.15, 0.2) is 60.7 Å². The molecule has 4 atom stereocenters. The van der Waals surface area contributed by atoms with E-state index in [9.17, 15) is 0 Å². The summed E-state index contributed by atoms with van der Waals surface area (Å²) in [6.07, 6.45) is 2.43. The summed E-state index contributed by atoms with van der Waals surface area (Å²) in [5, 5.41) is 0. The standard InChI is InChI=1S/C39H67N2O2Si2/c1-28(2)44(29(3)4,30(5)6)42-38(36-21-17-15-18-22-36)34(13)40-25-26-41(27-40)35(14)39(37-23-19-16-20-24-37)43-45(31(7)8,32(9)10)33(11)12/h15-24,27-35,38-39H,25-26H2,1-14H3/q+1/t34-,35-,38-,39-/m0/s1. The molecule has 0 N–H and O–H groups in total. The van der Waals surface area contributed by atoms with E-state index in [1.165, 1.54) is 11.1 Å². The summed E-state index contributed by atoms with van der Waals surface area (Å²) in [6, 6.07) is 22.4. The molecule has 3 rings (SSSR count). The Morgan fingerprint density at radius 2 is 0.889 bits per heavy atom. The van der Waals surface area contributed by atoms with Crippen LogP contribution >= 0.6 is 0 Å². The summed E-state index contributed by atoms with van der Waals surface area (Å²) in [7, 11) is -4.23. The van der Waals surface area contributed by atoms with Gasteiger partial charge in [0.25, 0.3) is 0 Å². The van der Waals surface area contributed by atoms with Crippen LogP contribution in [0.2, 0.25) is 33.2 Å². The van der Waals surface area contributed by atoms with Crippen LogP contribution in [0.25, 0.3) is 0 Å². The minimum absolute atomic E-state index is 0.0145. The Morgan fingerprint density at radius 1 is 0.533 bits per heavy atom. The highest BCUT2D eigenvalue weighted by atomic mass is 28.4. The van der Waals surface area contributed by atoms with Gasteiger partial charge in [-0.1, -0.05) is 144 Å². The monoisotopic (exact) mass is 651 g/mol. The van der Waals surface area contributed by atoms with E-state index in [0.29, 0.717) is 33.2 Å². The molecular weight excluding hydrogens is 585 g/mol. The first-order valence-corrected chi connectivity index (χ1v) is 22.2. The summed E-state index contributed by atoms with van der Waals surface area (Å²) < 4.78 is 17.7. The predicted octanol–water partition coefficient (Wildman–Crippen LogP) is 11.0. The van der Waals surface area contributed by atoms with Crippen molar-refractivity contribution in [3.05, 3.63) is 71.8 Å². The lowest BCUT2D eigenvalue weighted by Gasteiger charge is -2.46. The number of hydrogen-bond donors (Lipinski definition) is 0. The van der Waals surface area contributed by atoms with Gasteiger partial charge in [0.05, 0.1) is 0 Å². The van der Waals surface area contributed by atoms with Crippen molar-refractivity contribution in [1.82, 2.24) is 4.90 Å². The van der Waals surface area contributed by atoms with E-state index >= 15 is 0 Å². The SMILES string of the molecule is CC(C)[Si](O[C@H](c1ccccc1)[C@H](C)N1C=[N+]([C@@H](C)[C@H](O[Si](C(C)C)(C(C)C)C(C)C)c2ccccc2)CC1)(C(C)C)C(C)C. The lowest BCUT2D eigenvalue weighted by atomic mass is 10.0. The smallest absolute Gasteiger partial charge is 0.235 e. The number of rotatable bonds is 16. The molecule has 0 saturated carbocycles. The van der Waals surface area contributed by atoms with Gasteiger partial charge in [-0.25, -0.2) is 0 Å². The molecule has 2 aromatic carbocycles. The summed E-state index contributed by atoms with van der Waals surface area (Å²) in [5.74, 6) is 0. The average Bonchev–Trinajstić information content (AvgIpc) is 3.48. The van der Waals surface area contributed by atoms with Crippen LogP contribution in [-0.2, 0) is 8.85 Å². The Labute approximate surface area is 279 Å². The minimum atomic E-state index is -2.12. The first kappa shape index (κ1) is 37.7. The molecule has 0 radical (unpaired) electrons. The molecular formula is C39H67N2O2Si2+. The van der Waals surface area contributed by atoms with Gasteiger partial charge in [0.15, 0.2) is 0 Å². The second-order valence-electron chi connectivity index (χ2n) is 15.6. The number of benzene rings is 2. The predicted molar refractivity (Wildman–Crippen MR) is 199 cm³/mol. The third-order valence-electron chi connectivity index (χ3n) is 11.2. The Hall–Kier alpha value is -1.74. The van der Waals surface area contributed by atoms with E-state index in [-0.39, 0.29) is 24.3 Å². The summed E-state index contributed by atoms with van der Waals surface area (Å²) in [4.78, 5) is 2.55. The molecule has 0 aromatic heterocycles. The molecule has 2 aromatic rings. The van der Waals surface area contributed by atoms with Gasteiger partial charge in [0.2, 0.25) is 23.0 Å². The maximum atomic E-state index is 7.58. The zero-order valence-corrected chi connectivity index (χ0v) is 33.2. The van der Waals surface area contributed by atoms with Crippen molar-refractivity contribution >= 4 is 23.0 Å². The van der Waals surface area contributed by atoms with Gasteiger partial charge in [-0.05, 0) is 58.2 Å². The molecule has 1 aliphatic rings. The average molecular weight is 652 g/mol. The lowest BCUT2D eigenvalue weighted by Crippen LogP contribution is -2.51. The highest BCUT2D eigenvalue weighted by Gasteiger charge is 2.50. The van der Waals surface area contributed by atoms with E-state index in [4.69, 9.17) is 8.85 Å². The van der Waals surface area contributed by atoms with Crippen molar-refractivity contribution in [2.45, 2.75) is 154 Å². The Balaban J connectivity index is 2.02. The van der Waals surface area contributed by atoms with Gasteiger partial charge in [-0.3, -0.25) is 9.48 Å². The molecule has 4 nitrogen and oxygen atoms in total.